The van der Waals surface area contributed by atoms with E-state index in [1.54, 1.807) is 13.8 Å². The fraction of sp³-hybridized carbons (Fsp3) is 0.188. The summed E-state index contributed by atoms with van der Waals surface area (Å²) in [5, 5.41) is 31.4. The molecule has 0 saturated carbocycles. The fourth-order valence-corrected chi connectivity index (χ4v) is 4.79. The molecule has 4 amide bonds. The molecule has 0 aliphatic rings. The number of nitrogens with one attached hydrogen (secondary N) is 4. The highest BCUT2D eigenvalue weighted by atomic mass is 35.5. The highest BCUT2D eigenvalue weighted by Crippen LogP contribution is 2.39. The third-order valence-corrected chi connectivity index (χ3v) is 8.29. The van der Waals surface area contributed by atoms with Crippen molar-refractivity contribution in [2.45, 2.75) is 33.7 Å². The van der Waals surface area contributed by atoms with Gasteiger partial charge in [-0.25, -0.2) is 9.59 Å². The van der Waals surface area contributed by atoms with E-state index in [4.69, 9.17) is 46.4 Å². The van der Waals surface area contributed by atoms with Gasteiger partial charge in [0.05, 0.1) is 21.4 Å². The highest BCUT2D eigenvalue weighted by Gasteiger charge is 2.15. The number of hydrogen-bond donors (Lipinski definition) is 6. The molecule has 0 bridgehead atoms. The summed E-state index contributed by atoms with van der Waals surface area (Å²) in [6.45, 7) is 6.21. The van der Waals surface area contributed by atoms with Crippen LogP contribution < -0.4 is 21.3 Å². The van der Waals surface area contributed by atoms with Crippen molar-refractivity contribution in [2.75, 3.05) is 17.2 Å². The van der Waals surface area contributed by atoms with Gasteiger partial charge in [0.2, 0.25) is 0 Å². The normalized spacial score (nSPS) is 10.3. The second-order valence-electron chi connectivity index (χ2n) is 9.74. The van der Waals surface area contributed by atoms with Gasteiger partial charge in [0.1, 0.15) is 0 Å². The Kier molecular flexibility index (Phi) is 12.8. The van der Waals surface area contributed by atoms with E-state index < -0.39 is 12.1 Å². The molecule has 44 heavy (non-hydrogen) atoms. The number of carbonyl (C=O) groups is 2. The maximum absolute atomic E-state index is 11.9. The number of halogens is 4. The summed E-state index contributed by atoms with van der Waals surface area (Å²) >= 11 is 23.9. The SMILES string of the molecule is Cc1c(Cl)cc(NC(=O)NCCc2ccccc2)c(O)c1Cl.Cc1ccccc1CNC(=O)Nc1cc(Cl)c(C)c(Cl)c1O. The number of urea groups is 2. The van der Waals surface area contributed by atoms with E-state index in [2.05, 4.69) is 21.3 Å². The molecule has 0 aliphatic carbocycles. The molecular weight excluding hydrogens is 646 g/mol. The third-order valence-electron chi connectivity index (χ3n) is 6.58. The summed E-state index contributed by atoms with van der Waals surface area (Å²) in [6.07, 6.45) is 0.718. The number of rotatable bonds is 7. The zero-order valence-corrected chi connectivity index (χ0v) is 27.2. The second kappa shape index (κ2) is 16.3. The van der Waals surface area contributed by atoms with Gasteiger partial charge in [0, 0.05) is 23.1 Å². The van der Waals surface area contributed by atoms with Crippen molar-refractivity contribution in [3.63, 3.8) is 0 Å². The van der Waals surface area contributed by atoms with E-state index in [9.17, 15) is 19.8 Å². The molecule has 0 radical (unpaired) electrons. The Morgan fingerprint density at radius 3 is 1.68 bits per heavy atom. The van der Waals surface area contributed by atoms with Crippen LogP contribution in [-0.4, -0.2) is 28.8 Å². The molecule has 0 atom stereocenters. The van der Waals surface area contributed by atoms with Crippen LogP contribution in [0.5, 0.6) is 11.5 Å². The minimum Gasteiger partial charge on any atom is -0.504 e. The molecule has 0 fully saturated rings. The van der Waals surface area contributed by atoms with E-state index in [1.165, 1.54) is 12.1 Å². The summed E-state index contributed by atoms with van der Waals surface area (Å²) < 4.78 is 0. The minimum atomic E-state index is -0.450. The Balaban J connectivity index is 0.000000240. The van der Waals surface area contributed by atoms with Gasteiger partial charge in [-0.2, -0.15) is 0 Å². The third kappa shape index (κ3) is 9.59. The predicted molar refractivity (Wildman–Crippen MR) is 180 cm³/mol. The number of aromatic hydroxyl groups is 2. The molecule has 232 valence electrons. The molecule has 8 nitrogen and oxygen atoms in total. The van der Waals surface area contributed by atoms with Crippen LogP contribution in [0.2, 0.25) is 20.1 Å². The van der Waals surface area contributed by atoms with Gasteiger partial charge in [-0.15, -0.1) is 0 Å². The summed E-state index contributed by atoms with van der Waals surface area (Å²) in [6, 6.07) is 19.6. The molecule has 0 unspecified atom stereocenters. The van der Waals surface area contributed by atoms with Crippen LogP contribution in [-0.2, 0) is 13.0 Å². The lowest BCUT2D eigenvalue weighted by Gasteiger charge is -2.13. The first-order valence-corrected chi connectivity index (χ1v) is 14.9. The van der Waals surface area contributed by atoms with Crippen LogP contribution in [0.3, 0.4) is 0 Å². The van der Waals surface area contributed by atoms with Gasteiger partial charge in [-0.1, -0.05) is 101 Å². The van der Waals surface area contributed by atoms with Crippen LogP contribution in [0, 0.1) is 20.8 Å². The molecule has 0 spiro atoms. The molecule has 4 aromatic carbocycles. The number of anilines is 2. The Morgan fingerprint density at radius 1 is 0.682 bits per heavy atom. The molecule has 12 heteroatoms. The number of phenols is 2. The summed E-state index contributed by atoms with van der Waals surface area (Å²) in [7, 11) is 0. The number of aryl methyl sites for hydroxylation is 1. The Hall–Kier alpha value is -3.82. The van der Waals surface area contributed by atoms with E-state index in [0.29, 0.717) is 34.3 Å². The molecule has 0 aliphatic heterocycles. The number of hydrogen-bond acceptors (Lipinski definition) is 4. The Labute approximate surface area is 276 Å². The van der Waals surface area contributed by atoms with Crippen molar-refractivity contribution in [1.29, 1.82) is 0 Å². The monoisotopic (exact) mass is 676 g/mol. The van der Waals surface area contributed by atoms with Gasteiger partial charge in [0.25, 0.3) is 0 Å². The number of carbonyl (C=O) groups excluding carboxylic acids is 2. The average Bonchev–Trinajstić information content (AvgIpc) is 3.01. The van der Waals surface area contributed by atoms with Crippen LogP contribution in [0.1, 0.15) is 27.8 Å². The molecule has 4 rings (SSSR count). The number of benzene rings is 4. The molecule has 6 N–H and O–H groups in total. The Morgan fingerprint density at radius 2 is 1.16 bits per heavy atom. The van der Waals surface area contributed by atoms with Crippen molar-refractivity contribution in [1.82, 2.24) is 10.6 Å². The standard InChI is InChI=1S/2C16H16Cl2N2O2/c1-9-5-3-4-6-11(9)8-19-16(22)20-13-7-12(17)10(2)14(18)15(13)21;1-10-12(17)9-13(15(21)14(10)18)20-16(22)19-8-7-11-5-3-2-4-6-11/h3-7,21H,8H2,1-2H3,(H2,19,20,22);2-6,9,21H,7-8H2,1H3,(H2,19,20,22). The quantitative estimate of drug-likeness (QED) is 0.109. The van der Waals surface area contributed by atoms with Gasteiger partial charge in [-0.3, -0.25) is 0 Å². The lowest BCUT2D eigenvalue weighted by molar-refractivity contribution is 0.251. The second-order valence-corrected chi connectivity index (χ2v) is 11.3. The van der Waals surface area contributed by atoms with Gasteiger partial charge < -0.3 is 31.5 Å². The summed E-state index contributed by atoms with van der Waals surface area (Å²) in [4.78, 5) is 23.8. The zero-order chi connectivity index (χ0) is 32.4. The first-order valence-electron chi connectivity index (χ1n) is 13.4. The molecule has 0 saturated heterocycles. The average molecular weight is 678 g/mol. The first kappa shape index (κ1) is 34.7. The van der Waals surface area contributed by atoms with Gasteiger partial charge in [0.15, 0.2) is 11.5 Å². The smallest absolute Gasteiger partial charge is 0.319 e. The van der Waals surface area contributed by atoms with Crippen LogP contribution in [0.15, 0.2) is 66.7 Å². The number of amides is 4. The van der Waals surface area contributed by atoms with E-state index in [1.807, 2.05) is 61.5 Å². The predicted octanol–water partition coefficient (Wildman–Crippen LogP) is 9.01. The molecule has 4 aromatic rings. The van der Waals surface area contributed by atoms with Crippen LogP contribution in [0.4, 0.5) is 21.0 Å². The molecule has 0 heterocycles. The minimum absolute atomic E-state index is 0.127. The van der Waals surface area contributed by atoms with Gasteiger partial charge in [-0.05, 0) is 67.1 Å². The lowest BCUT2D eigenvalue weighted by atomic mass is 10.1. The van der Waals surface area contributed by atoms with Crippen molar-refractivity contribution in [3.05, 3.63) is 115 Å². The zero-order valence-electron chi connectivity index (χ0n) is 24.2. The maximum atomic E-state index is 11.9. The van der Waals surface area contributed by atoms with Crippen molar-refractivity contribution in [3.8, 4) is 11.5 Å². The number of phenolic OH excluding ortho intramolecular Hbond substituents is 2. The lowest BCUT2D eigenvalue weighted by Crippen LogP contribution is -2.30. The van der Waals surface area contributed by atoms with Crippen LogP contribution >= 0.6 is 46.4 Å². The van der Waals surface area contributed by atoms with Crippen molar-refractivity contribution in [2.24, 2.45) is 0 Å². The van der Waals surface area contributed by atoms with Gasteiger partial charge >= 0.3 is 12.1 Å². The summed E-state index contributed by atoms with van der Waals surface area (Å²) in [5.74, 6) is -0.392. The summed E-state index contributed by atoms with van der Waals surface area (Å²) in [5.41, 5.74) is 4.71. The van der Waals surface area contributed by atoms with Crippen molar-refractivity contribution < 1.29 is 19.8 Å². The molecular formula is C32H32Cl4N4O4. The fourth-order valence-electron chi connectivity index (χ4n) is 3.88. The largest absolute Gasteiger partial charge is 0.504 e. The highest BCUT2D eigenvalue weighted by molar-refractivity contribution is 6.38. The topological polar surface area (TPSA) is 123 Å². The van der Waals surface area contributed by atoms with Crippen molar-refractivity contribution >= 4 is 69.8 Å². The van der Waals surface area contributed by atoms with E-state index >= 15 is 0 Å². The van der Waals surface area contributed by atoms with E-state index in [-0.39, 0.29) is 32.9 Å². The maximum Gasteiger partial charge on any atom is 0.319 e. The molecule has 0 aromatic heterocycles. The Bertz CT molecular complexity index is 1640. The van der Waals surface area contributed by atoms with E-state index in [0.717, 1.165) is 23.1 Å². The first-order chi connectivity index (χ1) is 20.9. The van der Waals surface area contributed by atoms with Crippen LogP contribution in [0.25, 0.3) is 0 Å².